The van der Waals surface area contributed by atoms with E-state index in [9.17, 15) is 9.18 Å². The van der Waals surface area contributed by atoms with E-state index in [0.29, 0.717) is 13.1 Å². The Hall–Kier alpha value is -2.24. The Bertz CT molecular complexity index is 740. The summed E-state index contributed by atoms with van der Waals surface area (Å²) in [7, 11) is 0. The van der Waals surface area contributed by atoms with Crippen LogP contribution in [0.2, 0.25) is 0 Å². The van der Waals surface area contributed by atoms with Crippen LogP contribution in [0.25, 0.3) is 0 Å². The average molecular weight is 316 g/mol. The van der Waals surface area contributed by atoms with Crippen molar-refractivity contribution in [3.8, 4) is 0 Å². The third-order valence-corrected chi connectivity index (χ3v) is 4.34. The van der Waals surface area contributed by atoms with E-state index in [1.165, 1.54) is 6.07 Å². The molecule has 0 N–H and O–H groups in total. The van der Waals surface area contributed by atoms with Gasteiger partial charge in [-0.15, -0.1) is 0 Å². The van der Waals surface area contributed by atoms with Crippen molar-refractivity contribution in [2.75, 3.05) is 6.54 Å². The van der Waals surface area contributed by atoms with Gasteiger partial charge in [-0.3, -0.25) is 4.79 Å². The molecule has 1 saturated heterocycles. The number of rotatable bonds is 3. The summed E-state index contributed by atoms with van der Waals surface area (Å²) in [6.45, 7) is 6.87. The Balaban J connectivity index is 1.82. The molecule has 1 aromatic heterocycles. The van der Waals surface area contributed by atoms with E-state index in [4.69, 9.17) is 0 Å². The Morgan fingerprint density at radius 2 is 2.13 bits per heavy atom. The van der Waals surface area contributed by atoms with Crippen LogP contribution < -0.4 is 0 Å². The van der Waals surface area contributed by atoms with Gasteiger partial charge in [0.05, 0.1) is 18.2 Å². The number of hydrogen-bond acceptors (Lipinski definition) is 3. The number of amides is 1. The van der Waals surface area contributed by atoms with Gasteiger partial charge in [-0.1, -0.05) is 11.6 Å². The predicted molar refractivity (Wildman–Crippen MR) is 84.7 cm³/mol. The first-order valence-electron chi connectivity index (χ1n) is 7.91. The highest BCUT2D eigenvalue weighted by molar-refractivity contribution is 5.95. The van der Waals surface area contributed by atoms with Gasteiger partial charge in [-0.05, 0) is 45.7 Å². The predicted octanol–water partition coefficient (Wildman–Crippen LogP) is 2.65. The van der Waals surface area contributed by atoms with Gasteiger partial charge in [0.1, 0.15) is 17.5 Å². The topological polar surface area (TPSA) is 51.0 Å². The fourth-order valence-corrected chi connectivity index (χ4v) is 3.18. The Morgan fingerprint density at radius 1 is 1.35 bits per heavy atom. The fourth-order valence-electron chi connectivity index (χ4n) is 3.18. The van der Waals surface area contributed by atoms with Crippen molar-refractivity contribution in [2.24, 2.45) is 0 Å². The van der Waals surface area contributed by atoms with Gasteiger partial charge in [0.15, 0.2) is 0 Å². The van der Waals surface area contributed by atoms with E-state index in [0.717, 1.165) is 30.1 Å². The SMILES string of the molecule is Cc1ccc(F)c(C(=O)N2CCC[C@H]2Cn2nc(C)nc2C)c1. The van der Waals surface area contributed by atoms with Crippen molar-refractivity contribution >= 4 is 5.91 Å². The van der Waals surface area contributed by atoms with Crippen LogP contribution in [0, 0.1) is 26.6 Å². The summed E-state index contributed by atoms with van der Waals surface area (Å²) in [5.74, 6) is 0.869. The van der Waals surface area contributed by atoms with Crippen LogP contribution in [0.15, 0.2) is 18.2 Å². The molecule has 1 aromatic carbocycles. The molecule has 2 aromatic rings. The van der Waals surface area contributed by atoms with Gasteiger partial charge >= 0.3 is 0 Å². The normalized spacial score (nSPS) is 17.7. The summed E-state index contributed by atoms with van der Waals surface area (Å²) in [5.41, 5.74) is 1.04. The van der Waals surface area contributed by atoms with Gasteiger partial charge in [0.25, 0.3) is 5.91 Å². The second-order valence-corrected chi connectivity index (χ2v) is 6.17. The molecule has 1 atom stereocenters. The second kappa shape index (κ2) is 6.10. The molecule has 5 nitrogen and oxygen atoms in total. The van der Waals surface area contributed by atoms with Crippen molar-refractivity contribution in [3.63, 3.8) is 0 Å². The van der Waals surface area contributed by atoms with Crippen molar-refractivity contribution < 1.29 is 9.18 Å². The number of likely N-dealkylation sites (tertiary alicyclic amines) is 1. The Morgan fingerprint density at radius 3 is 2.83 bits per heavy atom. The summed E-state index contributed by atoms with van der Waals surface area (Å²) in [4.78, 5) is 18.8. The maximum atomic E-state index is 14.0. The van der Waals surface area contributed by atoms with E-state index in [2.05, 4.69) is 10.1 Å². The van der Waals surface area contributed by atoms with E-state index < -0.39 is 5.82 Å². The molecule has 0 radical (unpaired) electrons. The molecule has 2 heterocycles. The number of nitrogens with zero attached hydrogens (tertiary/aromatic N) is 4. The molecule has 0 saturated carbocycles. The number of aryl methyl sites for hydroxylation is 3. The molecule has 23 heavy (non-hydrogen) atoms. The fraction of sp³-hybridized carbons (Fsp3) is 0.471. The zero-order chi connectivity index (χ0) is 16.6. The number of aromatic nitrogens is 3. The smallest absolute Gasteiger partial charge is 0.257 e. The highest BCUT2D eigenvalue weighted by Crippen LogP contribution is 2.23. The van der Waals surface area contributed by atoms with E-state index >= 15 is 0 Å². The average Bonchev–Trinajstić information content (AvgIpc) is 3.08. The summed E-state index contributed by atoms with van der Waals surface area (Å²) in [6, 6.07) is 4.69. The summed E-state index contributed by atoms with van der Waals surface area (Å²) >= 11 is 0. The molecule has 3 rings (SSSR count). The van der Waals surface area contributed by atoms with Crippen LogP contribution >= 0.6 is 0 Å². The first-order chi connectivity index (χ1) is 11.0. The molecule has 0 aliphatic carbocycles. The van der Waals surface area contributed by atoms with Crippen molar-refractivity contribution in [3.05, 3.63) is 46.8 Å². The lowest BCUT2D eigenvalue weighted by Gasteiger charge is -2.25. The highest BCUT2D eigenvalue weighted by Gasteiger charge is 2.31. The van der Waals surface area contributed by atoms with E-state index in [1.807, 2.05) is 25.5 Å². The molecule has 0 unspecified atom stereocenters. The van der Waals surface area contributed by atoms with Crippen molar-refractivity contribution in [1.82, 2.24) is 19.7 Å². The van der Waals surface area contributed by atoms with Gasteiger partial charge in [-0.25, -0.2) is 14.1 Å². The summed E-state index contributed by atoms with van der Waals surface area (Å²) in [6.07, 6.45) is 1.83. The molecular weight excluding hydrogens is 295 g/mol. The van der Waals surface area contributed by atoms with Crippen molar-refractivity contribution in [2.45, 2.75) is 46.2 Å². The lowest BCUT2D eigenvalue weighted by Crippen LogP contribution is -2.39. The third kappa shape index (κ3) is 3.11. The van der Waals surface area contributed by atoms with Crippen LogP contribution in [0.4, 0.5) is 4.39 Å². The Kier molecular flexibility index (Phi) is 4.15. The molecule has 1 amide bonds. The second-order valence-electron chi connectivity index (χ2n) is 6.17. The minimum Gasteiger partial charge on any atom is -0.334 e. The summed E-state index contributed by atoms with van der Waals surface area (Å²) in [5, 5.41) is 4.37. The quantitative estimate of drug-likeness (QED) is 0.875. The largest absolute Gasteiger partial charge is 0.334 e. The molecular formula is C17H21FN4O. The number of hydrogen-bond donors (Lipinski definition) is 0. The van der Waals surface area contributed by atoms with Crippen LogP contribution in [0.1, 0.15) is 40.4 Å². The monoisotopic (exact) mass is 316 g/mol. The zero-order valence-corrected chi connectivity index (χ0v) is 13.7. The minimum atomic E-state index is -0.459. The van der Waals surface area contributed by atoms with E-state index in [-0.39, 0.29) is 17.5 Å². The van der Waals surface area contributed by atoms with Crippen molar-refractivity contribution in [1.29, 1.82) is 0 Å². The molecule has 122 valence electrons. The standard InChI is InChI=1S/C17H21FN4O/c1-11-6-7-16(18)15(9-11)17(23)21-8-4-5-14(21)10-22-13(3)19-12(2)20-22/h6-7,9,14H,4-5,8,10H2,1-3H3/t14-/m0/s1. The first-order valence-corrected chi connectivity index (χ1v) is 7.91. The number of carbonyl (C=O) groups excluding carboxylic acids is 1. The summed E-state index contributed by atoms with van der Waals surface area (Å²) < 4.78 is 15.9. The molecule has 1 aliphatic heterocycles. The number of carbonyl (C=O) groups is 1. The Labute approximate surface area is 135 Å². The van der Waals surface area contributed by atoms with Gasteiger partial charge < -0.3 is 4.90 Å². The van der Waals surface area contributed by atoms with Gasteiger partial charge in [0, 0.05) is 6.54 Å². The zero-order valence-electron chi connectivity index (χ0n) is 13.7. The molecule has 1 fully saturated rings. The van der Waals surface area contributed by atoms with Crippen LogP contribution in [0.3, 0.4) is 0 Å². The number of halogens is 1. The minimum absolute atomic E-state index is 0.0298. The number of benzene rings is 1. The van der Waals surface area contributed by atoms with Crippen LogP contribution in [0.5, 0.6) is 0 Å². The highest BCUT2D eigenvalue weighted by atomic mass is 19.1. The molecule has 6 heteroatoms. The van der Waals surface area contributed by atoms with Gasteiger partial charge in [0.2, 0.25) is 0 Å². The van der Waals surface area contributed by atoms with Gasteiger partial charge in [-0.2, -0.15) is 5.10 Å². The molecule has 1 aliphatic rings. The maximum absolute atomic E-state index is 14.0. The molecule has 0 bridgehead atoms. The van der Waals surface area contributed by atoms with Crippen LogP contribution in [-0.2, 0) is 6.54 Å². The lowest BCUT2D eigenvalue weighted by atomic mass is 10.1. The maximum Gasteiger partial charge on any atom is 0.257 e. The molecule has 0 spiro atoms. The first kappa shape index (κ1) is 15.6. The van der Waals surface area contributed by atoms with E-state index in [1.54, 1.807) is 17.0 Å². The lowest BCUT2D eigenvalue weighted by molar-refractivity contribution is 0.0716. The van der Waals surface area contributed by atoms with Crippen LogP contribution in [-0.4, -0.2) is 38.2 Å². The third-order valence-electron chi connectivity index (χ3n) is 4.34.